The monoisotopic (exact) mass is 314 g/mol. The van der Waals surface area contributed by atoms with Crippen molar-refractivity contribution in [3.8, 4) is 5.75 Å². The molecule has 0 heterocycles. The Balaban J connectivity index is 2.70. The van der Waals surface area contributed by atoms with Crippen molar-refractivity contribution in [3.05, 3.63) is 28.8 Å². The fraction of sp³-hybridized carbons (Fsp3) is 0.308. The second-order valence-corrected chi connectivity index (χ2v) is 4.47. The van der Waals surface area contributed by atoms with Gasteiger partial charge >= 0.3 is 12.0 Å². The number of ether oxygens (including phenoxy) is 1. The van der Waals surface area contributed by atoms with Gasteiger partial charge in [0.05, 0.1) is 10.6 Å². The number of carbonyl (C=O) groups is 3. The van der Waals surface area contributed by atoms with Crippen molar-refractivity contribution >= 4 is 29.5 Å². The molecular formula is C13H15ClN2O5. The topological polar surface area (TPSA) is 105 Å². The number of nitrogens with one attached hydrogen (secondary N) is 2. The van der Waals surface area contributed by atoms with E-state index in [0.29, 0.717) is 6.54 Å². The summed E-state index contributed by atoms with van der Waals surface area (Å²) in [6.07, 6.45) is -0.971. The number of imide groups is 1. The molecule has 0 radical (unpaired) electrons. The first-order chi connectivity index (χ1) is 9.85. The van der Waals surface area contributed by atoms with E-state index in [4.69, 9.17) is 21.4 Å². The first-order valence-corrected chi connectivity index (χ1v) is 6.51. The zero-order valence-electron chi connectivity index (χ0n) is 11.5. The molecule has 0 saturated heterocycles. The molecular weight excluding hydrogens is 300 g/mol. The number of benzene rings is 1. The summed E-state index contributed by atoms with van der Waals surface area (Å²) in [7, 11) is 0. The van der Waals surface area contributed by atoms with Crippen LogP contribution in [-0.4, -0.2) is 35.7 Å². The van der Waals surface area contributed by atoms with Crippen molar-refractivity contribution in [1.29, 1.82) is 0 Å². The summed E-state index contributed by atoms with van der Waals surface area (Å²) in [6, 6.07) is 3.25. The van der Waals surface area contributed by atoms with Gasteiger partial charge in [-0.3, -0.25) is 10.1 Å². The summed E-state index contributed by atoms with van der Waals surface area (Å²) in [5, 5.41) is 13.4. The average molecular weight is 315 g/mol. The Morgan fingerprint density at radius 2 is 2.05 bits per heavy atom. The van der Waals surface area contributed by atoms with Crippen molar-refractivity contribution in [2.45, 2.75) is 20.0 Å². The molecule has 3 amide bonds. The highest BCUT2D eigenvalue weighted by Gasteiger charge is 2.18. The van der Waals surface area contributed by atoms with Crippen LogP contribution in [0.15, 0.2) is 18.2 Å². The summed E-state index contributed by atoms with van der Waals surface area (Å²) >= 11 is 5.88. The van der Waals surface area contributed by atoms with Crippen LogP contribution in [0.3, 0.4) is 0 Å². The van der Waals surface area contributed by atoms with Gasteiger partial charge in [-0.2, -0.15) is 0 Å². The molecule has 1 aromatic carbocycles. The molecule has 0 saturated carbocycles. The van der Waals surface area contributed by atoms with E-state index in [2.05, 4.69) is 10.6 Å². The van der Waals surface area contributed by atoms with Crippen LogP contribution in [0.5, 0.6) is 5.75 Å². The zero-order valence-corrected chi connectivity index (χ0v) is 12.2. The molecule has 0 spiro atoms. The second-order valence-electron chi connectivity index (χ2n) is 4.06. The maximum atomic E-state index is 11.7. The summed E-state index contributed by atoms with van der Waals surface area (Å²) in [4.78, 5) is 33.7. The normalized spacial score (nSPS) is 11.4. The van der Waals surface area contributed by atoms with Crippen LogP contribution in [-0.2, 0) is 4.79 Å². The molecule has 0 bridgehead atoms. The largest absolute Gasteiger partial charge is 0.479 e. The predicted molar refractivity (Wildman–Crippen MR) is 75.7 cm³/mol. The van der Waals surface area contributed by atoms with Crippen molar-refractivity contribution < 1.29 is 24.2 Å². The number of hydrogen-bond acceptors (Lipinski definition) is 4. The van der Waals surface area contributed by atoms with Gasteiger partial charge in [0, 0.05) is 6.54 Å². The smallest absolute Gasteiger partial charge is 0.335 e. The van der Waals surface area contributed by atoms with Gasteiger partial charge in [-0.05, 0) is 32.0 Å². The minimum absolute atomic E-state index is 0.00628. The molecule has 8 heteroatoms. The van der Waals surface area contributed by atoms with Gasteiger partial charge in [0.2, 0.25) is 0 Å². The fourth-order valence-corrected chi connectivity index (χ4v) is 1.62. The number of urea groups is 1. The lowest BCUT2D eigenvalue weighted by molar-refractivity contribution is -0.126. The molecule has 0 aliphatic heterocycles. The minimum atomic E-state index is -1.12. The third-order valence-corrected chi connectivity index (χ3v) is 2.72. The third kappa shape index (κ3) is 4.96. The number of aromatic carboxylic acids is 1. The summed E-state index contributed by atoms with van der Waals surface area (Å²) in [6.45, 7) is 3.54. The van der Waals surface area contributed by atoms with Crippen molar-refractivity contribution in [2.24, 2.45) is 0 Å². The van der Waals surface area contributed by atoms with Crippen LogP contribution in [0.4, 0.5) is 4.79 Å². The minimum Gasteiger partial charge on any atom is -0.479 e. The van der Waals surface area contributed by atoms with E-state index in [0.717, 1.165) is 0 Å². The molecule has 0 fully saturated rings. The van der Waals surface area contributed by atoms with E-state index in [-0.39, 0.29) is 16.3 Å². The Kier molecular flexibility index (Phi) is 5.98. The molecule has 3 N–H and O–H groups in total. The van der Waals surface area contributed by atoms with Crippen LogP contribution < -0.4 is 15.4 Å². The lowest BCUT2D eigenvalue weighted by Crippen LogP contribution is -2.45. The van der Waals surface area contributed by atoms with E-state index in [1.807, 2.05) is 0 Å². The standard InChI is InChI=1S/C13H15ClN2O5/c1-3-15-13(20)16-11(17)7(2)21-10-5-4-8(12(18)19)6-9(10)14/h4-7H,3H2,1-2H3,(H,18,19)(H2,15,16,17,20). The van der Waals surface area contributed by atoms with E-state index < -0.39 is 24.0 Å². The van der Waals surface area contributed by atoms with Gasteiger partial charge in [0.25, 0.3) is 5.91 Å². The molecule has 1 atom stereocenters. The SMILES string of the molecule is CCNC(=O)NC(=O)C(C)Oc1ccc(C(=O)O)cc1Cl. The second kappa shape index (κ2) is 7.49. The number of halogens is 1. The van der Waals surface area contributed by atoms with E-state index in [1.165, 1.54) is 25.1 Å². The van der Waals surface area contributed by atoms with Crippen LogP contribution in [0.25, 0.3) is 0 Å². The summed E-state index contributed by atoms with van der Waals surface area (Å²) in [5.74, 6) is -1.61. The molecule has 0 aliphatic rings. The zero-order chi connectivity index (χ0) is 16.0. The highest BCUT2D eigenvalue weighted by molar-refractivity contribution is 6.32. The molecule has 0 aliphatic carbocycles. The number of hydrogen-bond donors (Lipinski definition) is 3. The lowest BCUT2D eigenvalue weighted by Gasteiger charge is -2.15. The molecule has 114 valence electrons. The Morgan fingerprint density at radius 3 is 2.57 bits per heavy atom. The molecule has 1 unspecified atom stereocenters. The fourth-order valence-electron chi connectivity index (χ4n) is 1.39. The van der Waals surface area contributed by atoms with Crippen molar-refractivity contribution in [3.63, 3.8) is 0 Å². The highest BCUT2D eigenvalue weighted by Crippen LogP contribution is 2.26. The first-order valence-electron chi connectivity index (χ1n) is 6.13. The van der Waals surface area contributed by atoms with E-state index in [1.54, 1.807) is 6.92 Å². The Hall–Kier alpha value is -2.28. The number of carbonyl (C=O) groups excluding carboxylic acids is 2. The lowest BCUT2D eigenvalue weighted by atomic mass is 10.2. The average Bonchev–Trinajstić information content (AvgIpc) is 2.40. The number of carboxylic acid groups (broad SMARTS) is 1. The maximum absolute atomic E-state index is 11.7. The maximum Gasteiger partial charge on any atom is 0.335 e. The molecule has 1 aromatic rings. The third-order valence-electron chi connectivity index (χ3n) is 2.43. The van der Waals surface area contributed by atoms with Crippen molar-refractivity contribution in [1.82, 2.24) is 10.6 Å². The van der Waals surface area contributed by atoms with Crippen LogP contribution in [0.1, 0.15) is 24.2 Å². The number of amides is 3. The number of carboxylic acids is 1. The van der Waals surface area contributed by atoms with Crippen LogP contribution in [0.2, 0.25) is 5.02 Å². The van der Waals surface area contributed by atoms with E-state index >= 15 is 0 Å². The number of rotatable bonds is 5. The molecule has 7 nitrogen and oxygen atoms in total. The first kappa shape index (κ1) is 16.8. The molecule has 1 rings (SSSR count). The van der Waals surface area contributed by atoms with Gasteiger partial charge in [0.1, 0.15) is 5.75 Å². The highest BCUT2D eigenvalue weighted by atomic mass is 35.5. The van der Waals surface area contributed by atoms with E-state index in [9.17, 15) is 14.4 Å². The van der Waals surface area contributed by atoms with Crippen LogP contribution in [0, 0.1) is 0 Å². The van der Waals surface area contributed by atoms with Crippen LogP contribution >= 0.6 is 11.6 Å². The summed E-state index contributed by atoms with van der Waals surface area (Å²) < 4.78 is 5.30. The Bertz CT molecular complexity index is 561. The summed E-state index contributed by atoms with van der Waals surface area (Å²) in [5.41, 5.74) is 0.00628. The predicted octanol–water partition coefficient (Wildman–Crippen LogP) is 1.65. The van der Waals surface area contributed by atoms with Gasteiger partial charge < -0.3 is 15.2 Å². The Morgan fingerprint density at radius 1 is 1.38 bits per heavy atom. The quantitative estimate of drug-likeness (QED) is 0.766. The molecule has 0 aromatic heterocycles. The molecule has 21 heavy (non-hydrogen) atoms. The van der Waals surface area contributed by atoms with Gasteiger partial charge in [0.15, 0.2) is 6.10 Å². The van der Waals surface area contributed by atoms with Gasteiger partial charge in [-0.25, -0.2) is 9.59 Å². The van der Waals surface area contributed by atoms with Gasteiger partial charge in [-0.15, -0.1) is 0 Å². The van der Waals surface area contributed by atoms with Gasteiger partial charge in [-0.1, -0.05) is 11.6 Å². The van der Waals surface area contributed by atoms with Crippen molar-refractivity contribution in [2.75, 3.05) is 6.54 Å². The Labute approximate surface area is 126 Å².